The number of nitrogens with one attached hydrogen (secondary N) is 1. The van der Waals surface area contributed by atoms with Crippen LogP contribution in [-0.2, 0) is 0 Å². The lowest BCUT2D eigenvalue weighted by atomic mass is 9.81. The van der Waals surface area contributed by atoms with E-state index in [1.165, 1.54) is 6.42 Å². The minimum absolute atomic E-state index is 0.0686. The molecule has 1 fully saturated rings. The monoisotopic (exact) mass is 290 g/mol. The van der Waals surface area contributed by atoms with Gasteiger partial charge in [-0.3, -0.25) is 4.79 Å². The molecule has 0 spiro atoms. The molecule has 1 aromatic rings. The van der Waals surface area contributed by atoms with Gasteiger partial charge < -0.3 is 11.1 Å². The molecule has 0 unspecified atom stereocenters. The van der Waals surface area contributed by atoms with Crippen molar-refractivity contribution in [1.82, 2.24) is 5.32 Å². The molecule has 0 bridgehead atoms. The Labute approximate surface area is 125 Å². The van der Waals surface area contributed by atoms with E-state index in [0.717, 1.165) is 36.8 Å². The van der Waals surface area contributed by atoms with E-state index in [0.29, 0.717) is 10.6 Å². The fourth-order valence-electron chi connectivity index (χ4n) is 2.85. The Bertz CT molecular complexity index is 533. The maximum atomic E-state index is 12.6. The number of amides is 1. The molecular formula is C16H22N2OS. The smallest absolute Gasteiger partial charge is 0.252 e. The number of rotatable bonds is 3. The van der Waals surface area contributed by atoms with Crippen LogP contribution in [0.3, 0.4) is 0 Å². The van der Waals surface area contributed by atoms with Crippen molar-refractivity contribution in [2.24, 2.45) is 5.73 Å². The summed E-state index contributed by atoms with van der Waals surface area (Å²) in [5.74, 6) is -0.0686. The van der Waals surface area contributed by atoms with Crippen molar-refractivity contribution in [3.63, 3.8) is 0 Å². The summed E-state index contributed by atoms with van der Waals surface area (Å²) in [6.07, 6.45) is 5.00. The zero-order valence-corrected chi connectivity index (χ0v) is 13.0. The van der Waals surface area contributed by atoms with Crippen molar-refractivity contribution in [3.8, 4) is 0 Å². The molecule has 0 saturated heterocycles. The predicted molar refractivity (Wildman–Crippen MR) is 86.0 cm³/mol. The van der Waals surface area contributed by atoms with E-state index in [1.807, 2.05) is 32.0 Å². The molecule has 0 heterocycles. The first-order valence-corrected chi connectivity index (χ1v) is 7.55. The number of aryl methyl sites for hydroxylation is 2. The average molecular weight is 290 g/mol. The van der Waals surface area contributed by atoms with Crippen LogP contribution in [0.2, 0.25) is 0 Å². The van der Waals surface area contributed by atoms with Crippen molar-refractivity contribution in [2.75, 3.05) is 0 Å². The van der Waals surface area contributed by atoms with E-state index >= 15 is 0 Å². The number of thiocarbonyl (C=S) groups is 1. The number of hydrogen-bond acceptors (Lipinski definition) is 2. The van der Waals surface area contributed by atoms with Gasteiger partial charge in [0.05, 0.1) is 10.5 Å². The second-order valence-electron chi connectivity index (χ2n) is 5.78. The molecule has 1 amide bonds. The molecule has 0 aromatic heterocycles. The molecule has 2 rings (SSSR count). The summed E-state index contributed by atoms with van der Waals surface area (Å²) in [5, 5.41) is 3.11. The van der Waals surface area contributed by atoms with E-state index in [1.54, 1.807) is 0 Å². The van der Waals surface area contributed by atoms with Crippen molar-refractivity contribution in [3.05, 3.63) is 34.9 Å². The van der Waals surface area contributed by atoms with Crippen LogP contribution in [0, 0.1) is 13.8 Å². The van der Waals surface area contributed by atoms with Crippen LogP contribution in [0.4, 0.5) is 0 Å². The highest BCUT2D eigenvalue weighted by atomic mass is 32.1. The van der Waals surface area contributed by atoms with Crippen LogP contribution in [0.25, 0.3) is 0 Å². The summed E-state index contributed by atoms with van der Waals surface area (Å²) >= 11 is 5.22. The fraction of sp³-hybridized carbons (Fsp3) is 0.500. The molecule has 3 nitrogen and oxygen atoms in total. The summed E-state index contributed by atoms with van der Waals surface area (Å²) in [7, 11) is 0. The summed E-state index contributed by atoms with van der Waals surface area (Å²) in [5.41, 5.74) is 8.18. The zero-order valence-electron chi connectivity index (χ0n) is 12.2. The molecule has 0 radical (unpaired) electrons. The molecule has 0 aliphatic heterocycles. The lowest BCUT2D eigenvalue weighted by Gasteiger charge is -2.37. The van der Waals surface area contributed by atoms with Crippen LogP contribution in [-0.4, -0.2) is 16.4 Å². The average Bonchev–Trinajstić information content (AvgIpc) is 2.42. The van der Waals surface area contributed by atoms with E-state index < -0.39 is 5.54 Å². The number of carbonyl (C=O) groups excluding carboxylic acids is 1. The maximum Gasteiger partial charge on any atom is 0.252 e. The quantitative estimate of drug-likeness (QED) is 0.841. The van der Waals surface area contributed by atoms with Gasteiger partial charge in [0, 0.05) is 5.56 Å². The summed E-state index contributed by atoms with van der Waals surface area (Å²) in [6, 6.07) is 5.90. The van der Waals surface area contributed by atoms with Gasteiger partial charge in [0.1, 0.15) is 0 Å². The van der Waals surface area contributed by atoms with Gasteiger partial charge in [-0.15, -0.1) is 0 Å². The van der Waals surface area contributed by atoms with Gasteiger partial charge in [0.25, 0.3) is 5.91 Å². The Hall–Kier alpha value is -1.42. The van der Waals surface area contributed by atoms with Gasteiger partial charge in [-0.1, -0.05) is 49.2 Å². The standard InChI is InChI=1S/C16H22N2OS/c1-11-6-7-12(2)13(10-11)14(19)18-16(15(17)20)8-4-3-5-9-16/h6-7,10H,3-5,8-9H2,1-2H3,(H2,17,20)(H,18,19). The third-order valence-corrected chi connectivity index (χ3v) is 4.56. The molecule has 4 heteroatoms. The zero-order chi connectivity index (χ0) is 14.8. The van der Waals surface area contributed by atoms with E-state index in [4.69, 9.17) is 18.0 Å². The highest BCUT2D eigenvalue weighted by Crippen LogP contribution is 2.29. The van der Waals surface area contributed by atoms with E-state index in [9.17, 15) is 4.79 Å². The molecule has 20 heavy (non-hydrogen) atoms. The van der Waals surface area contributed by atoms with Crippen LogP contribution < -0.4 is 11.1 Å². The predicted octanol–water partition coefficient (Wildman–Crippen LogP) is 3.02. The number of nitrogens with two attached hydrogens (primary N) is 1. The summed E-state index contributed by atoms with van der Waals surface area (Å²) in [4.78, 5) is 13.0. The van der Waals surface area contributed by atoms with Crippen molar-refractivity contribution >= 4 is 23.1 Å². The minimum Gasteiger partial charge on any atom is -0.391 e. The molecule has 1 saturated carbocycles. The largest absolute Gasteiger partial charge is 0.391 e. The van der Waals surface area contributed by atoms with E-state index in [2.05, 4.69) is 5.32 Å². The molecule has 108 valence electrons. The van der Waals surface area contributed by atoms with Gasteiger partial charge in [-0.05, 0) is 38.3 Å². The minimum atomic E-state index is -0.499. The van der Waals surface area contributed by atoms with Crippen molar-refractivity contribution in [1.29, 1.82) is 0 Å². The molecule has 1 aliphatic rings. The number of carbonyl (C=O) groups is 1. The fourth-order valence-corrected chi connectivity index (χ4v) is 3.11. The van der Waals surface area contributed by atoms with Gasteiger partial charge >= 0.3 is 0 Å². The lowest BCUT2D eigenvalue weighted by molar-refractivity contribution is 0.0907. The Balaban J connectivity index is 2.24. The first-order valence-electron chi connectivity index (χ1n) is 7.14. The van der Waals surface area contributed by atoms with Gasteiger partial charge in [-0.25, -0.2) is 0 Å². The molecular weight excluding hydrogens is 268 g/mol. The summed E-state index contributed by atoms with van der Waals surface area (Å²) < 4.78 is 0. The second-order valence-corrected chi connectivity index (χ2v) is 6.22. The van der Waals surface area contributed by atoms with E-state index in [-0.39, 0.29) is 5.91 Å². The van der Waals surface area contributed by atoms with Crippen molar-refractivity contribution < 1.29 is 4.79 Å². The van der Waals surface area contributed by atoms with Gasteiger partial charge in [0.2, 0.25) is 0 Å². The molecule has 0 atom stereocenters. The Morgan fingerprint density at radius 1 is 1.25 bits per heavy atom. The third-order valence-electron chi connectivity index (χ3n) is 4.17. The van der Waals surface area contributed by atoms with Crippen LogP contribution in [0.5, 0.6) is 0 Å². The maximum absolute atomic E-state index is 12.6. The molecule has 1 aliphatic carbocycles. The second kappa shape index (κ2) is 5.92. The highest BCUT2D eigenvalue weighted by Gasteiger charge is 2.36. The summed E-state index contributed by atoms with van der Waals surface area (Å²) in [6.45, 7) is 3.93. The van der Waals surface area contributed by atoms with Crippen molar-refractivity contribution in [2.45, 2.75) is 51.5 Å². The Morgan fingerprint density at radius 3 is 2.50 bits per heavy atom. The number of benzene rings is 1. The molecule has 3 N–H and O–H groups in total. The first-order chi connectivity index (χ1) is 9.44. The Morgan fingerprint density at radius 2 is 1.90 bits per heavy atom. The van der Waals surface area contributed by atoms with Crippen LogP contribution in [0.1, 0.15) is 53.6 Å². The Kier molecular flexibility index (Phi) is 4.43. The van der Waals surface area contributed by atoms with Gasteiger partial charge in [-0.2, -0.15) is 0 Å². The normalized spacial score (nSPS) is 17.5. The van der Waals surface area contributed by atoms with Crippen LogP contribution in [0.15, 0.2) is 18.2 Å². The third kappa shape index (κ3) is 3.01. The topological polar surface area (TPSA) is 55.1 Å². The van der Waals surface area contributed by atoms with Gasteiger partial charge in [0.15, 0.2) is 0 Å². The first kappa shape index (κ1) is 15.0. The highest BCUT2D eigenvalue weighted by molar-refractivity contribution is 7.80. The molecule has 1 aromatic carbocycles. The number of hydrogen-bond donors (Lipinski definition) is 2. The lowest BCUT2D eigenvalue weighted by Crippen LogP contribution is -2.57. The van der Waals surface area contributed by atoms with Crippen LogP contribution >= 0.6 is 12.2 Å². The SMILES string of the molecule is Cc1ccc(C)c(C(=O)NC2(C(N)=S)CCCCC2)c1.